The lowest BCUT2D eigenvalue weighted by Gasteiger charge is -1.72. The van der Waals surface area contributed by atoms with E-state index in [4.69, 9.17) is 11.5 Å². The summed E-state index contributed by atoms with van der Waals surface area (Å²) in [6.07, 6.45) is 0. The Kier molecular flexibility index (Phi) is 1840. The van der Waals surface area contributed by atoms with E-state index >= 15 is 0 Å². The molecule has 0 aromatic carbocycles. The van der Waals surface area contributed by atoms with Gasteiger partial charge in [0.1, 0.15) is 0 Å². The maximum Gasteiger partial charge on any atom is 0.00461 e. The first-order chi connectivity index (χ1) is 1.91. The highest BCUT2D eigenvalue weighted by atomic mass is 14.6. The van der Waals surface area contributed by atoms with Gasteiger partial charge in [-0.15, -0.1) is 0 Å². The molecule has 0 rings (SSSR count). The molecular weight excluding hydrogens is 136 g/mol. The van der Waals surface area contributed by atoms with Gasteiger partial charge in [0.2, 0.25) is 0 Å². The maximum atomic E-state index is 4.90. The molecule has 0 saturated carbocycles. The zero-order valence-corrected chi connectivity index (χ0v) is 6.81. The van der Waals surface area contributed by atoms with Gasteiger partial charge in [0.15, 0.2) is 0 Å². The summed E-state index contributed by atoms with van der Waals surface area (Å²) < 4.78 is 0. The highest BCUT2D eigenvalue weighted by Crippen LogP contribution is 1.24. The topological polar surface area (TPSA) is 262 Å². The van der Waals surface area contributed by atoms with Crippen LogP contribution in [0.25, 0.3) is 0 Å². The van der Waals surface area contributed by atoms with Crippen LogP contribution in [0.1, 0.15) is 0 Å². The molecule has 0 aliphatic heterocycles. The van der Waals surface area contributed by atoms with Crippen LogP contribution in [-0.4, -0.2) is 13.1 Å². The summed E-state index contributed by atoms with van der Waals surface area (Å²) in [5.74, 6) is 0. The van der Waals surface area contributed by atoms with Gasteiger partial charge in [0.25, 0.3) is 0 Å². The third kappa shape index (κ3) is 741. The Morgan fingerprint density at radius 2 is 0.600 bits per heavy atom. The van der Waals surface area contributed by atoms with E-state index in [1.807, 2.05) is 0 Å². The van der Waals surface area contributed by atoms with Crippen molar-refractivity contribution in [1.29, 1.82) is 0 Å². The molecule has 0 aliphatic carbocycles. The fraction of sp³-hybridized carbons (Fsp3) is 1.00. The molecule has 8 nitrogen and oxygen atoms in total. The van der Waals surface area contributed by atoms with Gasteiger partial charge in [-0.1, -0.05) is 0 Å². The second kappa shape index (κ2) is 181. The standard InChI is InChI=1S/C2H8N2.6H3N/c3-1-2-4;;;;;;/h1-4H2;6*1H3. The first-order valence-electron chi connectivity index (χ1n) is 1.32. The highest BCUT2D eigenvalue weighted by molar-refractivity contribution is 4.26. The van der Waals surface area contributed by atoms with Gasteiger partial charge < -0.3 is 48.4 Å². The number of hydrogen-bond acceptors (Lipinski definition) is 8. The second-order valence-electron chi connectivity index (χ2n) is 0.577. The quantitative estimate of drug-likeness (QED) is 0.256. The summed E-state index contributed by atoms with van der Waals surface area (Å²) in [5.41, 5.74) is 9.81. The van der Waals surface area contributed by atoms with Crippen molar-refractivity contribution in [3.8, 4) is 0 Å². The molecule has 0 unspecified atom stereocenters. The van der Waals surface area contributed by atoms with E-state index in [0.29, 0.717) is 13.1 Å². The summed E-state index contributed by atoms with van der Waals surface area (Å²) in [5, 5.41) is 0. The Bertz CT molecular complexity index is 9.22. The van der Waals surface area contributed by atoms with Gasteiger partial charge in [-0.25, -0.2) is 0 Å². The van der Waals surface area contributed by atoms with Gasteiger partial charge in [-0.05, 0) is 0 Å². The van der Waals surface area contributed by atoms with Crippen molar-refractivity contribution in [3.05, 3.63) is 0 Å². The maximum absolute atomic E-state index is 4.90. The van der Waals surface area contributed by atoms with E-state index in [1.54, 1.807) is 0 Å². The van der Waals surface area contributed by atoms with Crippen LogP contribution < -0.4 is 48.4 Å². The second-order valence-corrected chi connectivity index (χ2v) is 0.577. The fourth-order valence-corrected chi connectivity index (χ4v) is 0. The molecule has 0 radical (unpaired) electrons. The van der Waals surface area contributed by atoms with Crippen LogP contribution in [0.2, 0.25) is 0 Å². The molecule has 74 valence electrons. The molecule has 0 aromatic rings. The monoisotopic (exact) mass is 162 g/mol. The van der Waals surface area contributed by atoms with E-state index in [1.165, 1.54) is 0 Å². The zero-order valence-electron chi connectivity index (χ0n) is 6.81. The molecule has 0 bridgehead atoms. The third-order valence-corrected chi connectivity index (χ3v) is 0.167. The lowest BCUT2D eigenvalue weighted by Crippen LogP contribution is -2.11. The molecule has 0 spiro atoms. The summed E-state index contributed by atoms with van der Waals surface area (Å²) in [6.45, 7) is 1.19. The zero-order chi connectivity index (χ0) is 3.41. The lowest BCUT2D eigenvalue weighted by atomic mass is 10.7. The van der Waals surface area contributed by atoms with Crippen molar-refractivity contribution in [2.45, 2.75) is 0 Å². The number of nitrogens with two attached hydrogens (primary N) is 2. The van der Waals surface area contributed by atoms with Crippen molar-refractivity contribution in [2.75, 3.05) is 13.1 Å². The molecule has 10 heavy (non-hydrogen) atoms. The highest BCUT2D eigenvalue weighted by Gasteiger charge is 1.54. The molecule has 0 aromatic heterocycles. The van der Waals surface area contributed by atoms with E-state index in [-0.39, 0.29) is 36.9 Å². The first kappa shape index (κ1) is 102. The summed E-state index contributed by atoms with van der Waals surface area (Å²) in [4.78, 5) is 0. The largest absolute Gasteiger partial charge is 0.344 e. The van der Waals surface area contributed by atoms with Crippen molar-refractivity contribution in [1.82, 2.24) is 36.9 Å². The van der Waals surface area contributed by atoms with Gasteiger partial charge in [-0.3, -0.25) is 0 Å². The Morgan fingerprint density at radius 3 is 0.600 bits per heavy atom. The molecule has 0 saturated heterocycles. The summed E-state index contributed by atoms with van der Waals surface area (Å²) in [7, 11) is 0. The first-order valence-corrected chi connectivity index (χ1v) is 1.32. The van der Waals surface area contributed by atoms with Gasteiger partial charge >= 0.3 is 0 Å². The van der Waals surface area contributed by atoms with Crippen molar-refractivity contribution >= 4 is 0 Å². The van der Waals surface area contributed by atoms with E-state index in [9.17, 15) is 0 Å². The van der Waals surface area contributed by atoms with Gasteiger partial charge in [0.05, 0.1) is 0 Å². The molecule has 0 aliphatic rings. The van der Waals surface area contributed by atoms with Crippen molar-refractivity contribution in [3.63, 3.8) is 0 Å². The lowest BCUT2D eigenvalue weighted by molar-refractivity contribution is 0.976. The molecule has 0 heterocycles. The molecule has 22 N–H and O–H groups in total. The third-order valence-electron chi connectivity index (χ3n) is 0.167. The molecule has 0 amide bonds. The van der Waals surface area contributed by atoms with Crippen molar-refractivity contribution in [2.24, 2.45) is 11.5 Å². The Balaban J connectivity index is -0.00000000300. The van der Waals surface area contributed by atoms with Crippen LogP contribution in [0.3, 0.4) is 0 Å². The van der Waals surface area contributed by atoms with E-state index < -0.39 is 0 Å². The average molecular weight is 162 g/mol. The molecular formula is C2H26N8. The van der Waals surface area contributed by atoms with E-state index in [0.717, 1.165) is 0 Å². The van der Waals surface area contributed by atoms with Crippen molar-refractivity contribution < 1.29 is 0 Å². The Morgan fingerprint density at radius 1 is 0.500 bits per heavy atom. The smallest absolute Gasteiger partial charge is 0.00461 e. The average Bonchev–Trinajstić information content (AvgIpc) is 1.37. The normalized spacial score (nSPS) is 3.00. The van der Waals surface area contributed by atoms with E-state index in [2.05, 4.69) is 0 Å². The van der Waals surface area contributed by atoms with Crippen LogP contribution in [0.4, 0.5) is 0 Å². The molecule has 0 fully saturated rings. The Labute approximate surface area is 62.6 Å². The number of hydrogen-bond donors (Lipinski definition) is 8. The Hall–Kier alpha value is -0.320. The SMILES string of the molecule is N.N.N.N.N.N.NCCN. The van der Waals surface area contributed by atoms with Gasteiger partial charge in [-0.2, -0.15) is 0 Å². The minimum Gasteiger partial charge on any atom is -0.344 e. The van der Waals surface area contributed by atoms with Crippen LogP contribution in [0.15, 0.2) is 0 Å². The van der Waals surface area contributed by atoms with Gasteiger partial charge in [0, 0.05) is 13.1 Å². The van der Waals surface area contributed by atoms with Crippen LogP contribution >= 0.6 is 0 Å². The molecule has 0 atom stereocenters. The van der Waals surface area contributed by atoms with Crippen LogP contribution in [0.5, 0.6) is 0 Å². The van der Waals surface area contributed by atoms with Crippen LogP contribution in [-0.2, 0) is 0 Å². The predicted molar refractivity (Wildman–Crippen MR) is 48.2 cm³/mol. The predicted octanol–water partition coefficient (Wildman–Crippen LogP) is -0.124. The molecule has 8 heteroatoms. The summed E-state index contributed by atoms with van der Waals surface area (Å²) in [6, 6.07) is 0. The summed E-state index contributed by atoms with van der Waals surface area (Å²) >= 11 is 0. The van der Waals surface area contributed by atoms with Crippen LogP contribution in [0, 0.1) is 0 Å². The minimum absolute atomic E-state index is 0. The minimum atomic E-state index is 0. The number of rotatable bonds is 1. The fourth-order valence-electron chi connectivity index (χ4n) is 0.